The molecule has 14 heavy (non-hydrogen) atoms. The number of nitrogens with zero attached hydrogens (tertiary/aromatic N) is 2. The van der Waals surface area contributed by atoms with Gasteiger partial charge in [0.05, 0.1) is 6.07 Å². The monoisotopic (exact) mass is 195 g/mol. The number of likely N-dealkylation sites (tertiary alicyclic amines) is 1. The van der Waals surface area contributed by atoms with Gasteiger partial charge >= 0.3 is 0 Å². The van der Waals surface area contributed by atoms with E-state index in [0.717, 1.165) is 19.5 Å². The van der Waals surface area contributed by atoms with Gasteiger partial charge in [-0.3, -0.25) is 10.2 Å². The Morgan fingerprint density at radius 2 is 2.00 bits per heavy atom. The summed E-state index contributed by atoms with van der Waals surface area (Å²) < 4.78 is 0. The maximum absolute atomic E-state index is 9.23. The molecule has 1 atom stereocenters. The van der Waals surface area contributed by atoms with E-state index >= 15 is 0 Å². The minimum atomic E-state index is -0.307. The van der Waals surface area contributed by atoms with Crippen molar-refractivity contribution in [1.29, 1.82) is 5.26 Å². The Morgan fingerprint density at radius 1 is 1.36 bits per heavy atom. The summed E-state index contributed by atoms with van der Waals surface area (Å²) in [6, 6.07) is 3.36. The average Bonchev–Trinajstić information content (AvgIpc) is 2.49. The lowest BCUT2D eigenvalue weighted by molar-refractivity contribution is 0.253. The molecule has 1 fully saturated rings. The first-order valence-electron chi connectivity index (χ1n) is 5.42. The molecule has 0 amide bonds. The number of rotatable bonds is 3. The lowest BCUT2D eigenvalue weighted by Crippen LogP contribution is -2.50. The molecule has 1 heterocycles. The van der Waals surface area contributed by atoms with Crippen molar-refractivity contribution in [3.63, 3.8) is 0 Å². The molecule has 0 aromatic heterocycles. The third-order valence-electron chi connectivity index (χ3n) is 2.81. The lowest BCUT2D eigenvalue weighted by Gasteiger charge is -2.27. The number of hydrogen-bond acceptors (Lipinski definition) is 3. The topological polar surface area (TPSA) is 39.1 Å². The minimum absolute atomic E-state index is 0.307. The van der Waals surface area contributed by atoms with Crippen LogP contribution >= 0.6 is 0 Å². The molecule has 1 unspecified atom stereocenters. The van der Waals surface area contributed by atoms with Crippen LogP contribution in [0.1, 0.15) is 34.1 Å². The summed E-state index contributed by atoms with van der Waals surface area (Å²) in [4.78, 5) is 2.36. The van der Waals surface area contributed by atoms with Crippen LogP contribution in [0.2, 0.25) is 0 Å². The van der Waals surface area contributed by atoms with Crippen LogP contribution in [-0.2, 0) is 0 Å². The van der Waals surface area contributed by atoms with Crippen LogP contribution in [0.4, 0.5) is 0 Å². The van der Waals surface area contributed by atoms with Gasteiger partial charge in [0, 0.05) is 25.2 Å². The smallest absolute Gasteiger partial charge is 0.120 e. The molecule has 1 rings (SSSR count). The van der Waals surface area contributed by atoms with Crippen LogP contribution in [0.3, 0.4) is 0 Å². The van der Waals surface area contributed by atoms with Gasteiger partial charge in [0.2, 0.25) is 0 Å². The van der Waals surface area contributed by atoms with Crippen molar-refractivity contribution in [2.75, 3.05) is 13.1 Å². The number of hydrogen-bond donors (Lipinski definition) is 1. The summed E-state index contributed by atoms with van der Waals surface area (Å²) in [5.41, 5.74) is -0.307. The molecule has 1 aliphatic rings. The summed E-state index contributed by atoms with van der Waals surface area (Å²) in [7, 11) is 0. The first-order chi connectivity index (χ1) is 6.49. The van der Waals surface area contributed by atoms with E-state index in [-0.39, 0.29) is 5.54 Å². The molecule has 0 aliphatic carbocycles. The summed E-state index contributed by atoms with van der Waals surface area (Å²) >= 11 is 0. The van der Waals surface area contributed by atoms with Gasteiger partial charge in [0.1, 0.15) is 5.54 Å². The van der Waals surface area contributed by atoms with E-state index < -0.39 is 0 Å². The first-order valence-corrected chi connectivity index (χ1v) is 5.42. The van der Waals surface area contributed by atoms with Gasteiger partial charge < -0.3 is 0 Å². The van der Waals surface area contributed by atoms with Crippen molar-refractivity contribution in [1.82, 2.24) is 10.2 Å². The molecule has 0 saturated carbocycles. The molecule has 3 nitrogen and oxygen atoms in total. The van der Waals surface area contributed by atoms with Crippen molar-refractivity contribution in [2.45, 2.75) is 51.7 Å². The van der Waals surface area contributed by atoms with E-state index in [4.69, 9.17) is 0 Å². The Balaban J connectivity index is 2.63. The highest BCUT2D eigenvalue weighted by Crippen LogP contribution is 2.22. The Bertz CT molecular complexity index is 229. The predicted molar refractivity (Wildman–Crippen MR) is 57.9 cm³/mol. The highest BCUT2D eigenvalue weighted by Gasteiger charge is 2.39. The van der Waals surface area contributed by atoms with Gasteiger partial charge in [-0.15, -0.1) is 0 Å². The van der Waals surface area contributed by atoms with Crippen LogP contribution in [0.15, 0.2) is 0 Å². The summed E-state index contributed by atoms with van der Waals surface area (Å²) in [6.45, 7) is 10.4. The summed E-state index contributed by atoms with van der Waals surface area (Å²) in [5.74, 6) is 0. The van der Waals surface area contributed by atoms with E-state index in [1.165, 1.54) is 0 Å². The molecule has 80 valence electrons. The van der Waals surface area contributed by atoms with Gasteiger partial charge in [-0.05, 0) is 34.1 Å². The van der Waals surface area contributed by atoms with Gasteiger partial charge in [-0.25, -0.2) is 0 Å². The minimum Gasteiger partial charge on any atom is -0.298 e. The van der Waals surface area contributed by atoms with Crippen molar-refractivity contribution < 1.29 is 0 Å². The standard InChI is InChI=1S/C11H21N3/c1-9(2)13-11(7-12)5-6-14(8-11)10(3)4/h9-10,13H,5-6,8H2,1-4H3. The third-order valence-corrected chi connectivity index (χ3v) is 2.81. The van der Waals surface area contributed by atoms with Gasteiger partial charge in [0.15, 0.2) is 0 Å². The largest absolute Gasteiger partial charge is 0.298 e. The van der Waals surface area contributed by atoms with Crippen LogP contribution < -0.4 is 5.32 Å². The quantitative estimate of drug-likeness (QED) is 0.739. The Labute approximate surface area is 87.1 Å². The van der Waals surface area contributed by atoms with E-state index in [1.54, 1.807) is 0 Å². The normalized spacial score (nSPS) is 28.6. The van der Waals surface area contributed by atoms with E-state index in [9.17, 15) is 5.26 Å². The molecule has 0 aromatic rings. The fourth-order valence-corrected chi connectivity index (χ4v) is 2.07. The summed E-state index contributed by atoms with van der Waals surface area (Å²) in [6.07, 6.45) is 0.944. The zero-order chi connectivity index (χ0) is 10.8. The van der Waals surface area contributed by atoms with Crippen molar-refractivity contribution in [2.24, 2.45) is 0 Å². The van der Waals surface area contributed by atoms with Gasteiger partial charge in [0.25, 0.3) is 0 Å². The molecule has 0 bridgehead atoms. The second-order valence-electron chi connectivity index (χ2n) is 4.81. The second kappa shape index (κ2) is 4.29. The van der Waals surface area contributed by atoms with Crippen molar-refractivity contribution >= 4 is 0 Å². The van der Waals surface area contributed by atoms with E-state index in [0.29, 0.717) is 12.1 Å². The van der Waals surface area contributed by atoms with Crippen LogP contribution in [0, 0.1) is 11.3 Å². The molecule has 3 heteroatoms. The Morgan fingerprint density at radius 3 is 2.36 bits per heavy atom. The van der Waals surface area contributed by atoms with Crippen LogP contribution in [0.5, 0.6) is 0 Å². The predicted octanol–water partition coefficient (Wildman–Crippen LogP) is 1.36. The van der Waals surface area contributed by atoms with E-state index in [1.807, 2.05) is 0 Å². The Kier molecular flexibility index (Phi) is 3.52. The fourth-order valence-electron chi connectivity index (χ4n) is 2.07. The van der Waals surface area contributed by atoms with Gasteiger partial charge in [-0.1, -0.05) is 0 Å². The highest BCUT2D eigenvalue weighted by atomic mass is 15.2. The molecular formula is C11H21N3. The SMILES string of the molecule is CC(C)NC1(C#N)CCN(C(C)C)C1. The maximum atomic E-state index is 9.23. The zero-order valence-corrected chi connectivity index (χ0v) is 9.67. The van der Waals surface area contributed by atoms with Crippen LogP contribution in [-0.4, -0.2) is 35.6 Å². The molecule has 1 saturated heterocycles. The Hall–Kier alpha value is -0.590. The lowest BCUT2D eigenvalue weighted by atomic mass is 10.00. The van der Waals surface area contributed by atoms with Crippen molar-refractivity contribution in [3.05, 3.63) is 0 Å². The highest BCUT2D eigenvalue weighted by molar-refractivity contribution is 5.13. The van der Waals surface area contributed by atoms with E-state index in [2.05, 4.69) is 44.0 Å². The molecule has 0 spiro atoms. The number of nitrogens with one attached hydrogen (secondary N) is 1. The maximum Gasteiger partial charge on any atom is 0.120 e. The molecular weight excluding hydrogens is 174 g/mol. The summed E-state index contributed by atoms with van der Waals surface area (Å²) in [5, 5.41) is 12.6. The van der Waals surface area contributed by atoms with Crippen LogP contribution in [0.25, 0.3) is 0 Å². The molecule has 0 radical (unpaired) electrons. The van der Waals surface area contributed by atoms with Gasteiger partial charge in [-0.2, -0.15) is 5.26 Å². The molecule has 1 N–H and O–H groups in total. The third kappa shape index (κ3) is 2.46. The number of nitriles is 1. The average molecular weight is 195 g/mol. The van der Waals surface area contributed by atoms with Crippen molar-refractivity contribution in [3.8, 4) is 6.07 Å². The molecule has 1 aliphatic heterocycles. The molecule has 0 aromatic carbocycles. The second-order valence-corrected chi connectivity index (χ2v) is 4.81. The first kappa shape index (κ1) is 11.5. The fraction of sp³-hybridized carbons (Fsp3) is 0.909. The zero-order valence-electron chi connectivity index (χ0n) is 9.67.